The third-order valence-electron chi connectivity index (χ3n) is 2.20. The highest BCUT2D eigenvalue weighted by molar-refractivity contribution is 5.77. The molecule has 4 heteroatoms. The van der Waals surface area contributed by atoms with Crippen molar-refractivity contribution < 1.29 is 9.53 Å². The first-order valence-electron chi connectivity index (χ1n) is 4.71. The monoisotopic (exact) mass is 207 g/mol. The third-order valence-corrected chi connectivity index (χ3v) is 2.20. The van der Waals surface area contributed by atoms with Crippen LogP contribution in [0.2, 0.25) is 0 Å². The Bertz CT molecular complexity index is 324. The van der Waals surface area contributed by atoms with Gasteiger partial charge in [0, 0.05) is 0 Å². The van der Waals surface area contributed by atoms with Gasteiger partial charge in [-0.25, -0.2) is 0 Å². The number of rotatable bonds is 5. The predicted molar refractivity (Wildman–Crippen MR) is 56.5 cm³/mol. The number of benzene rings is 1. The summed E-state index contributed by atoms with van der Waals surface area (Å²) in [4.78, 5) is 21.5. The quantitative estimate of drug-likeness (QED) is 0.548. The molecule has 1 aromatic rings. The number of methoxy groups -OCH3 is 1. The number of carbonyl (C=O) groups excluding carboxylic acids is 1. The van der Waals surface area contributed by atoms with Crippen LogP contribution in [-0.2, 0) is 9.53 Å². The maximum absolute atomic E-state index is 11.5. The molecule has 0 heterocycles. The molecule has 4 nitrogen and oxygen atoms in total. The summed E-state index contributed by atoms with van der Waals surface area (Å²) in [6.07, 6.45) is 0.389. The van der Waals surface area contributed by atoms with E-state index in [1.54, 1.807) is 0 Å². The van der Waals surface area contributed by atoms with Gasteiger partial charge in [0.05, 0.1) is 19.6 Å². The first-order valence-corrected chi connectivity index (χ1v) is 4.71. The van der Waals surface area contributed by atoms with Gasteiger partial charge in [0.1, 0.15) is 0 Å². The van der Waals surface area contributed by atoms with Gasteiger partial charge in [0.2, 0.25) is 0 Å². The first-order chi connectivity index (χ1) is 7.29. The molecule has 1 atom stereocenters. The van der Waals surface area contributed by atoms with Crippen molar-refractivity contribution in [3.63, 3.8) is 0 Å². The number of hydrogen-bond acceptors (Lipinski definition) is 4. The topological polar surface area (TPSA) is 55.7 Å². The fourth-order valence-electron chi connectivity index (χ4n) is 1.43. The van der Waals surface area contributed by atoms with Gasteiger partial charge < -0.3 is 4.74 Å². The fourth-order valence-corrected chi connectivity index (χ4v) is 1.43. The predicted octanol–water partition coefficient (Wildman–Crippen LogP) is 2.10. The minimum atomic E-state index is -0.395. The van der Waals surface area contributed by atoms with Gasteiger partial charge in [-0.3, -0.25) is 4.79 Å². The van der Waals surface area contributed by atoms with Gasteiger partial charge in [-0.05, 0) is 12.0 Å². The van der Waals surface area contributed by atoms with Crippen LogP contribution in [0, 0.1) is 4.91 Å². The standard InChI is InChI=1S/C11H13NO3/c1-15-11(13)10(7-8-12-14)9-5-3-2-4-6-9/h2-6,10H,7-8H2,1H3. The molecule has 0 aromatic heterocycles. The van der Waals surface area contributed by atoms with E-state index in [2.05, 4.69) is 9.91 Å². The summed E-state index contributed by atoms with van der Waals surface area (Å²) in [5, 5.41) is 2.76. The van der Waals surface area contributed by atoms with Crippen LogP contribution in [0.1, 0.15) is 17.9 Å². The Morgan fingerprint density at radius 1 is 1.40 bits per heavy atom. The van der Waals surface area contributed by atoms with Crippen molar-refractivity contribution in [2.45, 2.75) is 12.3 Å². The Hall–Kier alpha value is -1.71. The minimum Gasteiger partial charge on any atom is -0.469 e. The Morgan fingerprint density at radius 3 is 2.60 bits per heavy atom. The van der Waals surface area contributed by atoms with Crippen LogP contribution in [-0.4, -0.2) is 19.6 Å². The second-order valence-corrected chi connectivity index (χ2v) is 3.13. The van der Waals surface area contributed by atoms with Gasteiger partial charge in [-0.15, -0.1) is 0 Å². The molecule has 0 fully saturated rings. The van der Waals surface area contributed by atoms with E-state index in [-0.39, 0.29) is 12.5 Å². The molecule has 0 amide bonds. The van der Waals surface area contributed by atoms with Crippen molar-refractivity contribution in [1.29, 1.82) is 0 Å². The zero-order valence-corrected chi connectivity index (χ0v) is 8.55. The summed E-state index contributed by atoms with van der Waals surface area (Å²) in [5.74, 6) is -0.723. The molecule has 0 aliphatic rings. The van der Waals surface area contributed by atoms with Gasteiger partial charge in [-0.2, -0.15) is 4.91 Å². The summed E-state index contributed by atoms with van der Waals surface area (Å²) in [5.41, 5.74) is 0.855. The van der Waals surface area contributed by atoms with Crippen molar-refractivity contribution in [1.82, 2.24) is 0 Å². The van der Waals surface area contributed by atoms with E-state index in [1.807, 2.05) is 30.3 Å². The van der Waals surface area contributed by atoms with Crippen LogP contribution in [0.25, 0.3) is 0 Å². The average molecular weight is 207 g/mol. The lowest BCUT2D eigenvalue weighted by molar-refractivity contribution is -0.142. The van der Waals surface area contributed by atoms with Crippen LogP contribution in [0.4, 0.5) is 0 Å². The number of nitroso groups, excluding NO2 is 1. The number of hydrogen-bond donors (Lipinski definition) is 0. The van der Waals surface area contributed by atoms with Crippen LogP contribution in [0.3, 0.4) is 0 Å². The molecular formula is C11H13NO3. The summed E-state index contributed by atoms with van der Waals surface area (Å²) in [6.45, 7) is 0.120. The lowest BCUT2D eigenvalue weighted by Crippen LogP contribution is -2.15. The Kier molecular flexibility index (Phi) is 4.47. The molecule has 15 heavy (non-hydrogen) atoms. The van der Waals surface area contributed by atoms with Crippen molar-refractivity contribution in [2.24, 2.45) is 5.18 Å². The zero-order chi connectivity index (χ0) is 11.1. The molecule has 0 bridgehead atoms. The van der Waals surface area contributed by atoms with E-state index >= 15 is 0 Å². The number of carbonyl (C=O) groups is 1. The number of esters is 1. The van der Waals surface area contributed by atoms with Gasteiger partial charge in [-0.1, -0.05) is 35.5 Å². The summed E-state index contributed by atoms with van der Waals surface area (Å²) >= 11 is 0. The zero-order valence-electron chi connectivity index (χ0n) is 8.55. The van der Waals surface area contributed by atoms with Crippen LogP contribution in [0.5, 0.6) is 0 Å². The van der Waals surface area contributed by atoms with Crippen molar-refractivity contribution >= 4 is 5.97 Å². The maximum atomic E-state index is 11.5. The van der Waals surface area contributed by atoms with Gasteiger partial charge >= 0.3 is 5.97 Å². The van der Waals surface area contributed by atoms with E-state index in [0.717, 1.165) is 5.56 Å². The molecule has 0 N–H and O–H groups in total. The summed E-state index contributed by atoms with van der Waals surface area (Å²) in [6, 6.07) is 9.24. The molecule has 0 aliphatic heterocycles. The largest absolute Gasteiger partial charge is 0.469 e. The van der Waals surface area contributed by atoms with E-state index in [0.29, 0.717) is 6.42 Å². The fraction of sp³-hybridized carbons (Fsp3) is 0.364. The minimum absolute atomic E-state index is 0.120. The molecule has 0 saturated carbocycles. The van der Waals surface area contributed by atoms with Crippen LogP contribution in [0.15, 0.2) is 35.5 Å². The number of ether oxygens (including phenoxy) is 1. The maximum Gasteiger partial charge on any atom is 0.313 e. The first kappa shape index (κ1) is 11.4. The lowest BCUT2D eigenvalue weighted by atomic mass is 9.96. The Morgan fingerprint density at radius 2 is 2.07 bits per heavy atom. The van der Waals surface area contributed by atoms with Crippen LogP contribution >= 0.6 is 0 Å². The van der Waals surface area contributed by atoms with E-state index in [9.17, 15) is 9.70 Å². The molecule has 1 rings (SSSR count). The van der Waals surface area contributed by atoms with E-state index < -0.39 is 5.92 Å². The highest BCUT2D eigenvalue weighted by Crippen LogP contribution is 2.20. The normalized spacial score (nSPS) is 11.8. The summed E-state index contributed by atoms with van der Waals surface area (Å²) in [7, 11) is 1.34. The second kappa shape index (κ2) is 5.90. The van der Waals surface area contributed by atoms with Crippen molar-refractivity contribution in [2.75, 3.05) is 13.7 Å². The number of nitrogens with zero attached hydrogens (tertiary/aromatic N) is 1. The SMILES string of the molecule is COC(=O)C(CCN=O)c1ccccc1. The molecule has 1 unspecified atom stereocenters. The van der Waals surface area contributed by atoms with Gasteiger partial charge in [0.25, 0.3) is 0 Å². The van der Waals surface area contributed by atoms with Crippen molar-refractivity contribution in [3.05, 3.63) is 40.8 Å². The molecule has 0 aliphatic carbocycles. The molecule has 0 spiro atoms. The van der Waals surface area contributed by atoms with Crippen LogP contribution < -0.4 is 0 Å². The van der Waals surface area contributed by atoms with E-state index in [4.69, 9.17) is 0 Å². The van der Waals surface area contributed by atoms with Crippen molar-refractivity contribution in [3.8, 4) is 0 Å². The molecule has 0 radical (unpaired) electrons. The highest BCUT2D eigenvalue weighted by Gasteiger charge is 2.20. The van der Waals surface area contributed by atoms with Gasteiger partial charge in [0.15, 0.2) is 0 Å². The molecule has 80 valence electrons. The molecule has 0 saturated heterocycles. The lowest BCUT2D eigenvalue weighted by Gasteiger charge is -2.12. The average Bonchev–Trinajstić information content (AvgIpc) is 2.30. The third kappa shape index (κ3) is 3.16. The van der Waals surface area contributed by atoms with E-state index in [1.165, 1.54) is 7.11 Å². The smallest absolute Gasteiger partial charge is 0.313 e. The Balaban J connectivity index is 2.81. The Labute approximate surface area is 88.2 Å². The molecule has 1 aromatic carbocycles. The second-order valence-electron chi connectivity index (χ2n) is 3.13. The summed E-state index contributed by atoms with van der Waals surface area (Å²) < 4.78 is 4.68. The molecular weight excluding hydrogens is 194 g/mol. The highest BCUT2D eigenvalue weighted by atomic mass is 16.5.